The number of hydrogen-bond acceptors (Lipinski definition) is 10. The number of amides is 5. The topological polar surface area (TPSA) is 209 Å². The summed E-state index contributed by atoms with van der Waals surface area (Å²) < 4.78 is 12.7. The van der Waals surface area contributed by atoms with E-state index in [-0.39, 0.29) is 45.4 Å². The molecule has 5 rings (SSSR count). The van der Waals surface area contributed by atoms with Gasteiger partial charge in [-0.05, 0) is 115 Å². The average Bonchev–Trinajstić information content (AvgIpc) is 3.62. The van der Waals surface area contributed by atoms with Crippen molar-refractivity contribution in [2.45, 2.75) is 132 Å². The van der Waals surface area contributed by atoms with Crippen LogP contribution < -0.4 is 26.6 Å². The SMILES string of the molecule is CN1C(=O)[C@H](CCCCNC(=O)OC(C)(C)C)NC(=O)[C@H](CCCNC(=O)OC(C)(C)C)NCc2ccc(Br)cc2Sc2c(Cl)cccc2CNC(=O)[C@@H]1Cc1cn(C(=O)O)c2ccccc12. The third-order valence-electron chi connectivity index (χ3n) is 10.7. The van der Waals surface area contributed by atoms with Crippen molar-refractivity contribution in [2.75, 3.05) is 20.1 Å². The first-order valence-electron chi connectivity index (χ1n) is 22.2. The van der Waals surface area contributed by atoms with Crippen LogP contribution in [0.15, 0.2) is 81.1 Å². The maximum Gasteiger partial charge on any atom is 0.416 e. The Hall–Kier alpha value is -5.30. The van der Waals surface area contributed by atoms with Crippen LogP contribution in [0.3, 0.4) is 0 Å². The summed E-state index contributed by atoms with van der Waals surface area (Å²) in [6.07, 6.45) is 0.597. The number of alkyl carbamates (subject to hydrolysis) is 2. The maximum atomic E-state index is 14.9. The highest BCUT2D eigenvalue weighted by molar-refractivity contribution is 9.10. The third-order valence-corrected chi connectivity index (χ3v) is 12.9. The van der Waals surface area contributed by atoms with Crippen LogP contribution in [0.5, 0.6) is 0 Å². The number of hydrogen-bond donors (Lipinski definition) is 6. The highest BCUT2D eigenvalue weighted by atomic mass is 79.9. The summed E-state index contributed by atoms with van der Waals surface area (Å²) in [6, 6.07) is 15.0. The number of nitrogens with one attached hydrogen (secondary N) is 5. The van der Waals surface area contributed by atoms with E-state index in [0.29, 0.717) is 51.2 Å². The van der Waals surface area contributed by atoms with Crippen molar-refractivity contribution in [3.63, 3.8) is 0 Å². The van der Waals surface area contributed by atoms with Gasteiger partial charge in [0.15, 0.2) is 0 Å². The van der Waals surface area contributed by atoms with Crippen molar-refractivity contribution >= 4 is 86.2 Å². The molecule has 3 atom stereocenters. The lowest BCUT2D eigenvalue weighted by Gasteiger charge is -2.32. The number of ether oxygens (including phenoxy) is 2. The van der Waals surface area contributed by atoms with Crippen molar-refractivity contribution in [1.29, 1.82) is 0 Å². The first-order chi connectivity index (χ1) is 31.6. The van der Waals surface area contributed by atoms with Gasteiger partial charge in [0.25, 0.3) is 0 Å². The largest absolute Gasteiger partial charge is 0.464 e. The zero-order valence-corrected chi connectivity index (χ0v) is 42.1. The minimum Gasteiger partial charge on any atom is -0.464 e. The van der Waals surface area contributed by atoms with Gasteiger partial charge in [0.05, 0.1) is 16.6 Å². The summed E-state index contributed by atoms with van der Waals surface area (Å²) in [5.41, 5.74) is 1.11. The number of para-hydroxylation sites is 1. The van der Waals surface area contributed by atoms with Crippen molar-refractivity contribution < 1.29 is 43.3 Å². The van der Waals surface area contributed by atoms with Crippen molar-refractivity contribution in [1.82, 2.24) is 36.1 Å². The highest BCUT2D eigenvalue weighted by Gasteiger charge is 2.35. The molecule has 3 aromatic carbocycles. The van der Waals surface area contributed by atoms with Crippen LogP contribution in [0.1, 0.15) is 90.3 Å². The van der Waals surface area contributed by atoms with E-state index in [4.69, 9.17) is 21.1 Å². The van der Waals surface area contributed by atoms with Gasteiger partial charge in [-0.3, -0.25) is 19.0 Å². The fourth-order valence-corrected chi connectivity index (χ4v) is 9.38. The number of unbranched alkanes of at least 4 members (excludes halogenated alkanes) is 1. The van der Waals surface area contributed by atoms with Crippen molar-refractivity contribution in [3.8, 4) is 0 Å². The molecular weight excluding hydrogens is 966 g/mol. The normalized spacial score (nSPS) is 17.7. The molecule has 2 heterocycles. The molecule has 0 unspecified atom stereocenters. The van der Waals surface area contributed by atoms with Crippen molar-refractivity contribution in [3.05, 3.63) is 93.0 Å². The molecule has 1 aliphatic rings. The van der Waals surface area contributed by atoms with Crippen LogP contribution in [0, 0.1) is 0 Å². The third kappa shape index (κ3) is 15.6. The molecular formula is C48H61BrClN7O9S. The zero-order chi connectivity index (χ0) is 49.1. The number of carboxylic acid groups (broad SMARTS) is 1. The summed E-state index contributed by atoms with van der Waals surface area (Å²) in [5.74, 6) is -1.56. The Morgan fingerprint density at radius 2 is 1.49 bits per heavy atom. The minimum absolute atomic E-state index is 0.0446. The Morgan fingerprint density at radius 3 is 2.16 bits per heavy atom. The number of fused-ring (bicyclic) bond motifs is 3. The predicted molar refractivity (Wildman–Crippen MR) is 261 cm³/mol. The molecule has 0 saturated heterocycles. The van der Waals surface area contributed by atoms with Gasteiger partial charge in [0.2, 0.25) is 17.7 Å². The molecule has 0 fully saturated rings. The number of likely N-dealkylation sites (N-methyl/N-ethyl adjacent to an activating group) is 1. The van der Waals surface area contributed by atoms with Crippen LogP contribution in [0.2, 0.25) is 5.02 Å². The number of benzene rings is 3. The maximum absolute atomic E-state index is 14.9. The van der Waals surface area contributed by atoms with E-state index in [1.165, 1.54) is 29.9 Å². The molecule has 362 valence electrons. The zero-order valence-electron chi connectivity index (χ0n) is 38.9. The Kier molecular flexibility index (Phi) is 18.6. The number of halogens is 2. The molecule has 0 saturated carbocycles. The van der Waals surface area contributed by atoms with E-state index >= 15 is 0 Å². The number of aromatic nitrogens is 1. The molecule has 0 spiro atoms. The van der Waals surface area contributed by atoms with Gasteiger partial charge in [0, 0.05) is 65.5 Å². The van der Waals surface area contributed by atoms with E-state index in [2.05, 4.69) is 42.5 Å². The Labute approximate surface area is 409 Å². The number of carbonyl (C=O) groups excluding carboxylic acids is 5. The second-order valence-corrected chi connectivity index (χ2v) is 20.7. The van der Waals surface area contributed by atoms with Gasteiger partial charge in [-0.15, -0.1) is 0 Å². The number of carbonyl (C=O) groups is 6. The Morgan fingerprint density at radius 1 is 0.836 bits per heavy atom. The first kappa shape index (κ1) is 52.7. The van der Waals surface area contributed by atoms with Crippen LogP contribution in [0.25, 0.3) is 10.9 Å². The second-order valence-electron chi connectivity index (χ2n) is 18.3. The second kappa shape index (κ2) is 23.6. The summed E-state index contributed by atoms with van der Waals surface area (Å²) >= 11 is 11.9. The average molecular weight is 1030 g/mol. The van der Waals surface area contributed by atoms with Crippen LogP contribution in [0.4, 0.5) is 14.4 Å². The molecule has 1 aromatic heterocycles. The molecule has 6 N–H and O–H groups in total. The van der Waals surface area contributed by atoms with Crippen LogP contribution in [-0.4, -0.2) is 100 Å². The molecule has 19 heteroatoms. The van der Waals surface area contributed by atoms with Gasteiger partial charge in [-0.2, -0.15) is 0 Å². The fraction of sp³-hybridized carbons (Fsp3) is 0.458. The van der Waals surface area contributed by atoms with Crippen LogP contribution >= 0.6 is 39.3 Å². The van der Waals surface area contributed by atoms with E-state index < -0.39 is 65.3 Å². The molecule has 5 amide bonds. The number of rotatable bonds is 11. The van der Waals surface area contributed by atoms with Crippen LogP contribution in [-0.2, 0) is 43.4 Å². The monoisotopic (exact) mass is 1030 g/mol. The molecule has 0 aliphatic carbocycles. The van der Waals surface area contributed by atoms with E-state index in [1.54, 1.807) is 77.9 Å². The molecule has 4 aromatic rings. The van der Waals surface area contributed by atoms with Gasteiger partial charge < -0.3 is 46.1 Å². The van der Waals surface area contributed by atoms with E-state index in [0.717, 1.165) is 19.5 Å². The van der Waals surface area contributed by atoms with E-state index in [9.17, 15) is 33.9 Å². The lowest BCUT2D eigenvalue weighted by atomic mass is 10.0. The molecule has 16 nitrogen and oxygen atoms in total. The molecule has 0 radical (unpaired) electrons. The first-order valence-corrected chi connectivity index (χ1v) is 24.2. The lowest BCUT2D eigenvalue weighted by Crippen LogP contribution is -2.57. The quantitative estimate of drug-likeness (QED) is 0.0787. The fourth-order valence-electron chi connectivity index (χ4n) is 7.45. The van der Waals surface area contributed by atoms with Gasteiger partial charge in [-0.1, -0.05) is 75.7 Å². The Balaban J connectivity index is 1.54. The van der Waals surface area contributed by atoms with E-state index in [1.807, 2.05) is 24.3 Å². The summed E-state index contributed by atoms with van der Waals surface area (Å²) in [4.78, 5) is 84.2. The molecule has 0 bridgehead atoms. The standard InChI is InChI=1S/C48H61BrClN7O9S/c1-47(2,3)65-44(61)51-22-11-10-17-36-43(60)56(7)38(24-31-28-57(46(63)64)37-19-9-8-15-33(31)37)42(59)54-27-30-14-12-16-34(50)40(30)67-39-25-32(49)21-20-29(39)26-53-35(41(58)55-36)18-13-23-52-45(62)66-48(4,5)6/h8-9,12,14-16,19-21,25,28,35-36,38,53H,10-11,13,17-18,22-24,26-27H2,1-7H3,(H,51,61)(H,52,62)(H,54,59)(H,55,58)(H,63,64)/t35-,36-,38-/m0/s1. The highest BCUT2D eigenvalue weighted by Crippen LogP contribution is 2.39. The summed E-state index contributed by atoms with van der Waals surface area (Å²) in [5, 5.41) is 26.1. The summed E-state index contributed by atoms with van der Waals surface area (Å²) in [6.45, 7) is 11.3. The number of nitrogens with zero attached hydrogens (tertiary/aromatic N) is 2. The van der Waals surface area contributed by atoms with Crippen molar-refractivity contribution in [2.24, 2.45) is 0 Å². The van der Waals surface area contributed by atoms with Gasteiger partial charge >= 0.3 is 18.3 Å². The smallest absolute Gasteiger partial charge is 0.416 e. The Bertz CT molecular complexity index is 2440. The summed E-state index contributed by atoms with van der Waals surface area (Å²) in [7, 11) is 1.49. The molecule has 1 aliphatic heterocycles. The predicted octanol–water partition coefficient (Wildman–Crippen LogP) is 8.38. The van der Waals surface area contributed by atoms with Gasteiger partial charge in [-0.25, -0.2) is 14.4 Å². The van der Waals surface area contributed by atoms with Gasteiger partial charge in [0.1, 0.15) is 23.3 Å². The molecule has 67 heavy (non-hydrogen) atoms. The minimum atomic E-state index is -1.21. The lowest BCUT2D eigenvalue weighted by molar-refractivity contribution is -0.142.